The van der Waals surface area contributed by atoms with Gasteiger partial charge in [-0.1, -0.05) is 30.3 Å². The predicted molar refractivity (Wildman–Crippen MR) is 67.0 cm³/mol. The first-order valence-electron chi connectivity index (χ1n) is 6.04. The summed E-state index contributed by atoms with van der Waals surface area (Å²) in [6, 6.07) is 9.76. The highest BCUT2D eigenvalue weighted by molar-refractivity contribution is 5.94. The largest absolute Gasteiger partial charge is 0.447 e. The summed E-state index contributed by atoms with van der Waals surface area (Å²) in [7, 11) is 0. The van der Waals surface area contributed by atoms with E-state index in [4.69, 9.17) is 4.74 Å². The van der Waals surface area contributed by atoms with Gasteiger partial charge >= 0.3 is 6.09 Å². The lowest BCUT2D eigenvalue weighted by Gasteiger charge is -2.25. The number of hydrogen-bond acceptors (Lipinski definition) is 3. The Morgan fingerprint density at radius 2 is 2.00 bits per heavy atom. The van der Waals surface area contributed by atoms with Crippen LogP contribution in [-0.2, 0) is 16.0 Å². The van der Waals surface area contributed by atoms with Crippen molar-refractivity contribution in [3.8, 4) is 0 Å². The first-order valence-corrected chi connectivity index (χ1v) is 6.04. The summed E-state index contributed by atoms with van der Waals surface area (Å²) in [5.74, 6) is -0.175. The minimum Gasteiger partial charge on any atom is -0.447 e. The molecule has 4 nitrogen and oxygen atoms in total. The number of imide groups is 1. The average Bonchev–Trinajstić information content (AvgIpc) is 2.62. The van der Waals surface area contributed by atoms with E-state index in [9.17, 15) is 9.59 Å². The fourth-order valence-corrected chi connectivity index (χ4v) is 2.06. The Bertz CT molecular complexity index is 453. The molecule has 1 aromatic rings. The van der Waals surface area contributed by atoms with E-state index < -0.39 is 11.6 Å². The summed E-state index contributed by atoms with van der Waals surface area (Å²) < 4.78 is 4.92. The Labute approximate surface area is 107 Å². The fraction of sp³-hybridized carbons (Fsp3) is 0.429. The number of amides is 2. The van der Waals surface area contributed by atoms with E-state index in [1.807, 2.05) is 44.2 Å². The lowest BCUT2D eigenvalue weighted by atomic mass is 10.0. The van der Waals surface area contributed by atoms with Gasteiger partial charge in [0.05, 0.1) is 5.54 Å². The Kier molecular flexibility index (Phi) is 3.36. The zero-order chi connectivity index (χ0) is 13.2. The van der Waals surface area contributed by atoms with E-state index in [0.29, 0.717) is 12.8 Å². The molecular weight excluding hydrogens is 230 g/mol. The molecule has 0 saturated carbocycles. The molecule has 0 aromatic heterocycles. The van der Waals surface area contributed by atoms with Gasteiger partial charge in [-0.2, -0.15) is 0 Å². The average molecular weight is 247 g/mol. The van der Waals surface area contributed by atoms with E-state index in [2.05, 4.69) is 0 Å². The Balaban J connectivity index is 1.98. The van der Waals surface area contributed by atoms with Gasteiger partial charge in [-0.05, 0) is 25.8 Å². The third kappa shape index (κ3) is 2.53. The molecule has 0 atom stereocenters. The second-order valence-corrected chi connectivity index (χ2v) is 5.08. The normalized spacial score (nSPS) is 17.7. The molecule has 2 rings (SSSR count). The molecular formula is C14H17NO3. The molecule has 1 aromatic carbocycles. The van der Waals surface area contributed by atoms with Crippen LogP contribution in [0.25, 0.3) is 0 Å². The number of hydrogen-bond donors (Lipinski definition) is 0. The number of carbonyl (C=O) groups excluding carboxylic acids is 2. The third-order valence-corrected chi connectivity index (χ3v) is 3.06. The summed E-state index contributed by atoms with van der Waals surface area (Å²) in [4.78, 5) is 24.8. The lowest BCUT2D eigenvalue weighted by molar-refractivity contribution is -0.130. The van der Waals surface area contributed by atoms with Gasteiger partial charge in [-0.15, -0.1) is 0 Å². The quantitative estimate of drug-likeness (QED) is 0.823. The standard InChI is InChI=1S/C14H17NO3/c1-14(2)10-18-13(17)15(14)12(16)9-8-11-6-4-3-5-7-11/h3-7H,8-10H2,1-2H3. The van der Waals surface area contributed by atoms with Crippen LogP contribution in [0.15, 0.2) is 30.3 Å². The molecule has 2 amide bonds. The van der Waals surface area contributed by atoms with Crippen LogP contribution < -0.4 is 0 Å². The number of ether oxygens (including phenoxy) is 1. The van der Waals surface area contributed by atoms with E-state index in [-0.39, 0.29) is 12.5 Å². The molecule has 0 aliphatic carbocycles. The maximum Gasteiger partial charge on any atom is 0.417 e. The number of rotatable bonds is 3. The Morgan fingerprint density at radius 3 is 2.56 bits per heavy atom. The first kappa shape index (κ1) is 12.6. The summed E-state index contributed by atoms with van der Waals surface area (Å²) in [6.45, 7) is 3.93. The van der Waals surface area contributed by atoms with Crippen LogP contribution in [0.3, 0.4) is 0 Å². The number of benzene rings is 1. The highest BCUT2D eigenvalue weighted by atomic mass is 16.6. The van der Waals surface area contributed by atoms with Crippen molar-refractivity contribution < 1.29 is 14.3 Å². The molecule has 4 heteroatoms. The summed E-state index contributed by atoms with van der Waals surface area (Å²) in [5.41, 5.74) is 0.557. The van der Waals surface area contributed by atoms with Crippen molar-refractivity contribution in [2.75, 3.05) is 6.61 Å². The number of carbonyl (C=O) groups is 2. The van der Waals surface area contributed by atoms with Crippen molar-refractivity contribution in [1.82, 2.24) is 4.90 Å². The SMILES string of the molecule is CC1(C)COC(=O)N1C(=O)CCc1ccccc1. The van der Waals surface area contributed by atoms with Crippen LogP contribution in [0.5, 0.6) is 0 Å². The second kappa shape index (κ2) is 4.80. The van der Waals surface area contributed by atoms with E-state index in [0.717, 1.165) is 5.56 Å². The Morgan fingerprint density at radius 1 is 1.33 bits per heavy atom. The molecule has 1 aliphatic rings. The van der Waals surface area contributed by atoms with E-state index in [1.54, 1.807) is 0 Å². The third-order valence-electron chi connectivity index (χ3n) is 3.06. The van der Waals surface area contributed by atoms with Crippen LogP contribution in [0.4, 0.5) is 4.79 Å². The van der Waals surface area contributed by atoms with Gasteiger partial charge in [0.1, 0.15) is 6.61 Å². The van der Waals surface area contributed by atoms with Gasteiger partial charge in [-0.25, -0.2) is 9.69 Å². The van der Waals surface area contributed by atoms with Gasteiger partial charge < -0.3 is 4.74 Å². The molecule has 96 valence electrons. The van der Waals surface area contributed by atoms with Crippen LogP contribution in [0, 0.1) is 0 Å². The van der Waals surface area contributed by atoms with Crippen molar-refractivity contribution >= 4 is 12.0 Å². The second-order valence-electron chi connectivity index (χ2n) is 5.08. The summed E-state index contributed by atoms with van der Waals surface area (Å²) in [5, 5.41) is 0. The molecule has 0 radical (unpaired) electrons. The van der Waals surface area contributed by atoms with Crippen LogP contribution in [0.1, 0.15) is 25.8 Å². The summed E-state index contributed by atoms with van der Waals surface area (Å²) >= 11 is 0. The molecule has 0 spiro atoms. The molecule has 1 heterocycles. The Hall–Kier alpha value is -1.84. The zero-order valence-corrected chi connectivity index (χ0v) is 10.7. The first-order chi connectivity index (χ1) is 8.50. The maximum atomic E-state index is 12.1. The van der Waals surface area contributed by atoms with Crippen molar-refractivity contribution in [2.24, 2.45) is 0 Å². The van der Waals surface area contributed by atoms with Crippen molar-refractivity contribution in [3.63, 3.8) is 0 Å². The number of cyclic esters (lactones) is 1. The van der Waals surface area contributed by atoms with E-state index >= 15 is 0 Å². The minimum atomic E-state index is -0.537. The fourth-order valence-electron chi connectivity index (χ4n) is 2.06. The van der Waals surface area contributed by atoms with Crippen molar-refractivity contribution in [3.05, 3.63) is 35.9 Å². The summed E-state index contributed by atoms with van der Waals surface area (Å²) in [6.07, 6.45) is 0.431. The molecule has 18 heavy (non-hydrogen) atoms. The monoisotopic (exact) mass is 247 g/mol. The van der Waals surface area contributed by atoms with Crippen LogP contribution in [0.2, 0.25) is 0 Å². The van der Waals surface area contributed by atoms with Crippen LogP contribution in [-0.4, -0.2) is 29.0 Å². The minimum absolute atomic E-state index is 0.175. The van der Waals surface area contributed by atoms with Gasteiger partial charge in [0.2, 0.25) is 5.91 Å². The van der Waals surface area contributed by atoms with E-state index in [1.165, 1.54) is 4.90 Å². The lowest BCUT2D eigenvalue weighted by Crippen LogP contribution is -2.46. The van der Waals surface area contributed by atoms with Gasteiger partial charge in [-0.3, -0.25) is 4.79 Å². The number of aryl methyl sites for hydroxylation is 1. The van der Waals surface area contributed by atoms with Crippen molar-refractivity contribution in [1.29, 1.82) is 0 Å². The molecule has 1 aliphatic heterocycles. The maximum absolute atomic E-state index is 12.1. The van der Waals surface area contributed by atoms with Gasteiger partial charge in [0.25, 0.3) is 0 Å². The molecule has 0 bridgehead atoms. The molecule has 0 N–H and O–H groups in total. The number of nitrogens with zero attached hydrogens (tertiary/aromatic N) is 1. The smallest absolute Gasteiger partial charge is 0.417 e. The van der Waals surface area contributed by atoms with Gasteiger partial charge in [0, 0.05) is 6.42 Å². The molecule has 0 unspecified atom stereocenters. The van der Waals surface area contributed by atoms with Gasteiger partial charge in [0.15, 0.2) is 0 Å². The highest BCUT2D eigenvalue weighted by Gasteiger charge is 2.43. The zero-order valence-electron chi connectivity index (χ0n) is 10.7. The van der Waals surface area contributed by atoms with Crippen LogP contribution >= 0.6 is 0 Å². The highest BCUT2D eigenvalue weighted by Crippen LogP contribution is 2.24. The molecule has 1 fully saturated rings. The molecule has 1 saturated heterocycles. The predicted octanol–water partition coefficient (Wildman–Crippen LogP) is 2.38. The van der Waals surface area contributed by atoms with Crippen molar-refractivity contribution in [2.45, 2.75) is 32.2 Å². The topological polar surface area (TPSA) is 46.6 Å².